The number of hydrogen-bond donors (Lipinski definition) is 1. The Morgan fingerprint density at radius 3 is 2.88 bits per heavy atom. The Kier molecular flexibility index (Phi) is 3.63. The number of nitrogens with two attached hydrogens (primary N) is 1. The van der Waals surface area contributed by atoms with Gasteiger partial charge < -0.3 is 15.2 Å². The van der Waals surface area contributed by atoms with Crippen molar-refractivity contribution in [2.75, 3.05) is 17.2 Å². The summed E-state index contributed by atoms with van der Waals surface area (Å²) in [4.78, 5) is 6.89. The van der Waals surface area contributed by atoms with Gasteiger partial charge in [0.15, 0.2) is 5.82 Å². The minimum absolute atomic E-state index is 0.260. The van der Waals surface area contributed by atoms with E-state index in [0.29, 0.717) is 12.1 Å². The van der Waals surface area contributed by atoms with E-state index in [1.807, 2.05) is 18.2 Å². The molecule has 0 atom stereocenters. The molecule has 4 nitrogen and oxygen atoms in total. The van der Waals surface area contributed by atoms with Gasteiger partial charge in [-0.05, 0) is 49.6 Å². The number of imidazole rings is 1. The van der Waals surface area contributed by atoms with Gasteiger partial charge >= 0.3 is 0 Å². The van der Waals surface area contributed by atoms with Crippen molar-refractivity contribution in [1.82, 2.24) is 9.55 Å². The number of para-hydroxylation sites is 1. The van der Waals surface area contributed by atoms with Crippen molar-refractivity contribution in [3.05, 3.63) is 53.6 Å². The quantitative estimate of drug-likeness (QED) is 0.747. The average molecular weight is 324 g/mol. The Morgan fingerprint density at radius 1 is 1.21 bits per heavy atom. The molecule has 0 radical (unpaired) electrons. The monoisotopic (exact) mass is 324 g/mol. The van der Waals surface area contributed by atoms with Crippen LogP contribution in [0.2, 0.25) is 0 Å². The van der Waals surface area contributed by atoms with E-state index in [9.17, 15) is 4.39 Å². The lowest BCUT2D eigenvalue weighted by Crippen LogP contribution is -2.30. The van der Waals surface area contributed by atoms with Crippen molar-refractivity contribution in [3.63, 3.8) is 0 Å². The fraction of sp³-hybridized carbons (Fsp3) is 0.316. The van der Waals surface area contributed by atoms with Crippen LogP contribution in [-0.4, -0.2) is 16.1 Å². The molecular weight excluding hydrogens is 303 g/mol. The molecule has 0 amide bonds. The Bertz CT molecular complexity index is 900. The third kappa shape index (κ3) is 2.31. The normalized spacial score (nSPS) is 14.2. The van der Waals surface area contributed by atoms with E-state index in [0.717, 1.165) is 43.0 Å². The number of anilines is 2. The zero-order chi connectivity index (χ0) is 16.7. The fourth-order valence-corrected chi connectivity index (χ4v) is 3.70. The number of aryl methyl sites for hydroxylation is 1. The number of nitrogens with zero attached hydrogens (tertiary/aromatic N) is 3. The van der Waals surface area contributed by atoms with Crippen molar-refractivity contribution >= 4 is 22.4 Å². The van der Waals surface area contributed by atoms with Crippen molar-refractivity contribution in [2.24, 2.45) is 0 Å². The topological polar surface area (TPSA) is 47.1 Å². The van der Waals surface area contributed by atoms with Gasteiger partial charge in [-0.2, -0.15) is 0 Å². The first-order valence-corrected chi connectivity index (χ1v) is 8.45. The van der Waals surface area contributed by atoms with Crippen molar-refractivity contribution < 1.29 is 4.39 Å². The van der Waals surface area contributed by atoms with Crippen LogP contribution in [0.3, 0.4) is 0 Å². The summed E-state index contributed by atoms with van der Waals surface area (Å²) in [7, 11) is 0. The standard InChI is InChI=1S/C19H21FN4/c1-2-24-17-10-3-7-14(20)19(17)22-18(24)12-23-11-5-6-13-15(21)8-4-9-16(13)23/h3-4,7-10H,2,5-6,11-12,21H2,1H3. The number of rotatable bonds is 3. The van der Waals surface area contributed by atoms with E-state index in [4.69, 9.17) is 5.73 Å². The summed E-state index contributed by atoms with van der Waals surface area (Å²) in [5.41, 5.74) is 10.7. The molecule has 1 aliphatic heterocycles. The molecule has 0 saturated carbocycles. The molecule has 1 aliphatic rings. The molecule has 4 rings (SSSR count). The van der Waals surface area contributed by atoms with Gasteiger partial charge in [-0.1, -0.05) is 12.1 Å². The number of halogens is 1. The Morgan fingerprint density at radius 2 is 2.04 bits per heavy atom. The minimum atomic E-state index is -0.260. The molecule has 24 heavy (non-hydrogen) atoms. The maximum Gasteiger partial charge on any atom is 0.151 e. The van der Waals surface area contributed by atoms with Crippen LogP contribution in [0.25, 0.3) is 11.0 Å². The maximum absolute atomic E-state index is 14.1. The van der Waals surface area contributed by atoms with Crippen molar-refractivity contribution in [2.45, 2.75) is 32.9 Å². The van der Waals surface area contributed by atoms with Gasteiger partial charge in [-0.25, -0.2) is 9.37 Å². The predicted octanol–water partition coefficient (Wildman–Crippen LogP) is 3.73. The summed E-state index contributed by atoms with van der Waals surface area (Å²) < 4.78 is 16.2. The molecule has 124 valence electrons. The molecule has 0 saturated heterocycles. The molecule has 2 N–H and O–H groups in total. The van der Waals surface area contributed by atoms with E-state index < -0.39 is 0 Å². The highest BCUT2D eigenvalue weighted by Gasteiger charge is 2.21. The van der Waals surface area contributed by atoms with Crippen LogP contribution in [0.1, 0.15) is 24.7 Å². The van der Waals surface area contributed by atoms with Crippen LogP contribution < -0.4 is 10.6 Å². The molecular formula is C19H21FN4. The zero-order valence-corrected chi connectivity index (χ0v) is 13.8. The van der Waals surface area contributed by atoms with Crippen molar-refractivity contribution in [1.29, 1.82) is 0 Å². The van der Waals surface area contributed by atoms with Gasteiger partial charge in [-0.3, -0.25) is 0 Å². The van der Waals surface area contributed by atoms with Gasteiger partial charge in [0.2, 0.25) is 0 Å². The SMILES string of the molecule is CCn1c(CN2CCCc3c(N)cccc32)nc2c(F)cccc21. The summed E-state index contributed by atoms with van der Waals surface area (Å²) in [6, 6.07) is 11.2. The Labute approximate surface area is 140 Å². The smallest absolute Gasteiger partial charge is 0.151 e. The summed E-state index contributed by atoms with van der Waals surface area (Å²) >= 11 is 0. The van der Waals surface area contributed by atoms with E-state index in [1.54, 1.807) is 6.07 Å². The number of aromatic nitrogens is 2. The largest absolute Gasteiger partial charge is 0.398 e. The van der Waals surface area contributed by atoms with Crippen LogP contribution in [0.5, 0.6) is 0 Å². The molecule has 0 spiro atoms. The van der Waals surface area contributed by atoms with E-state index in [2.05, 4.69) is 27.4 Å². The van der Waals surface area contributed by atoms with Gasteiger partial charge in [0.05, 0.1) is 12.1 Å². The molecule has 5 heteroatoms. The van der Waals surface area contributed by atoms with Crippen LogP contribution in [-0.2, 0) is 19.5 Å². The minimum Gasteiger partial charge on any atom is -0.398 e. The first-order valence-electron chi connectivity index (χ1n) is 8.45. The second kappa shape index (κ2) is 5.82. The van der Waals surface area contributed by atoms with E-state index in [-0.39, 0.29) is 5.82 Å². The van der Waals surface area contributed by atoms with Gasteiger partial charge in [-0.15, -0.1) is 0 Å². The van der Waals surface area contributed by atoms with Gasteiger partial charge in [0.25, 0.3) is 0 Å². The average Bonchev–Trinajstić information content (AvgIpc) is 2.94. The Balaban J connectivity index is 1.76. The molecule has 0 fully saturated rings. The van der Waals surface area contributed by atoms with E-state index >= 15 is 0 Å². The summed E-state index contributed by atoms with van der Waals surface area (Å²) in [6.07, 6.45) is 2.08. The third-order valence-electron chi connectivity index (χ3n) is 4.84. The third-order valence-corrected chi connectivity index (χ3v) is 4.84. The molecule has 0 unspecified atom stereocenters. The fourth-order valence-electron chi connectivity index (χ4n) is 3.70. The number of benzene rings is 2. The molecule has 0 bridgehead atoms. The second-order valence-electron chi connectivity index (χ2n) is 6.25. The highest BCUT2D eigenvalue weighted by Crippen LogP contribution is 2.32. The predicted molar refractivity (Wildman–Crippen MR) is 95.6 cm³/mol. The van der Waals surface area contributed by atoms with Gasteiger partial charge in [0, 0.05) is 24.5 Å². The first-order chi connectivity index (χ1) is 11.7. The maximum atomic E-state index is 14.1. The lowest BCUT2D eigenvalue weighted by Gasteiger charge is -2.31. The summed E-state index contributed by atoms with van der Waals surface area (Å²) in [6.45, 7) is 4.47. The molecule has 0 aliphatic carbocycles. The number of fused-ring (bicyclic) bond motifs is 2. The van der Waals surface area contributed by atoms with Crippen LogP contribution in [0, 0.1) is 5.82 Å². The van der Waals surface area contributed by atoms with Crippen LogP contribution in [0.15, 0.2) is 36.4 Å². The van der Waals surface area contributed by atoms with Gasteiger partial charge in [0.1, 0.15) is 11.3 Å². The van der Waals surface area contributed by atoms with E-state index in [1.165, 1.54) is 17.3 Å². The first kappa shape index (κ1) is 15.0. The molecule has 2 heterocycles. The second-order valence-corrected chi connectivity index (χ2v) is 6.25. The highest BCUT2D eigenvalue weighted by molar-refractivity contribution is 5.77. The van der Waals surface area contributed by atoms with Crippen LogP contribution in [0.4, 0.5) is 15.8 Å². The molecule has 3 aromatic rings. The number of hydrogen-bond acceptors (Lipinski definition) is 3. The number of nitrogen functional groups attached to an aromatic ring is 1. The van der Waals surface area contributed by atoms with Crippen molar-refractivity contribution in [3.8, 4) is 0 Å². The highest BCUT2D eigenvalue weighted by atomic mass is 19.1. The molecule has 1 aromatic heterocycles. The summed E-state index contributed by atoms with van der Waals surface area (Å²) in [5.74, 6) is 0.636. The lowest BCUT2D eigenvalue weighted by atomic mass is 10.00. The Hall–Kier alpha value is -2.56. The lowest BCUT2D eigenvalue weighted by molar-refractivity contribution is 0.634. The summed E-state index contributed by atoms with van der Waals surface area (Å²) in [5, 5.41) is 0. The van der Waals surface area contributed by atoms with Crippen LogP contribution >= 0.6 is 0 Å². The molecule has 2 aromatic carbocycles. The zero-order valence-electron chi connectivity index (χ0n) is 13.8.